The predicted molar refractivity (Wildman–Crippen MR) is 102 cm³/mol. The number of aryl methyl sites for hydroxylation is 1. The summed E-state index contributed by atoms with van der Waals surface area (Å²) in [6.45, 7) is 6.35. The molecule has 0 spiro atoms. The number of halogens is 1. The van der Waals surface area contributed by atoms with Gasteiger partial charge in [0.2, 0.25) is 5.91 Å². The number of amides is 1. The maximum absolute atomic E-state index is 12.5. The molecule has 2 N–H and O–H groups in total. The molecule has 24 heavy (non-hydrogen) atoms. The molecule has 4 heteroatoms. The molecule has 2 unspecified atom stereocenters. The van der Waals surface area contributed by atoms with Crippen LogP contribution >= 0.6 is 12.4 Å². The van der Waals surface area contributed by atoms with Crippen LogP contribution in [0.25, 0.3) is 0 Å². The lowest BCUT2D eigenvalue weighted by atomic mass is 9.88. The van der Waals surface area contributed by atoms with Crippen LogP contribution in [0.1, 0.15) is 64.0 Å². The van der Waals surface area contributed by atoms with Gasteiger partial charge in [-0.15, -0.1) is 12.4 Å². The van der Waals surface area contributed by atoms with Crippen molar-refractivity contribution in [2.24, 2.45) is 5.92 Å². The second-order valence-corrected chi connectivity index (χ2v) is 7.90. The zero-order chi connectivity index (χ0) is 16.4. The summed E-state index contributed by atoms with van der Waals surface area (Å²) < 4.78 is 0. The van der Waals surface area contributed by atoms with Crippen molar-refractivity contribution in [3.63, 3.8) is 0 Å². The summed E-state index contributed by atoms with van der Waals surface area (Å²) in [5, 5.41) is 6.89. The Morgan fingerprint density at radius 2 is 1.75 bits per heavy atom. The second kappa shape index (κ2) is 7.88. The molecule has 134 valence electrons. The summed E-state index contributed by atoms with van der Waals surface area (Å²) >= 11 is 0. The summed E-state index contributed by atoms with van der Waals surface area (Å²) in [4.78, 5) is 12.5. The molecule has 2 aliphatic heterocycles. The first-order valence-corrected chi connectivity index (χ1v) is 9.12. The summed E-state index contributed by atoms with van der Waals surface area (Å²) in [7, 11) is 0. The number of carbonyl (C=O) groups is 1. The van der Waals surface area contributed by atoms with Crippen molar-refractivity contribution in [2.75, 3.05) is 0 Å². The molecule has 0 saturated carbocycles. The number of hydrogen-bond donors (Lipinski definition) is 2. The van der Waals surface area contributed by atoms with Crippen LogP contribution in [0.5, 0.6) is 0 Å². The number of benzene rings is 1. The van der Waals surface area contributed by atoms with Gasteiger partial charge in [0.1, 0.15) is 0 Å². The first kappa shape index (κ1) is 19.3. The molecule has 0 aromatic heterocycles. The number of fused-ring (bicyclic) bond motifs is 2. The van der Waals surface area contributed by atoms with Crippen LogP contribution < -0.4 is 10.6 Å². The molecule has 2 atom stereocenters. The molecule has 1 amide bonds. The highest BCUT2D eigenvalue weighted by molar-refractivity contribution is 5.85. The number of piperidine rings is 1. The van der Waals surface area contributed by atoms with Crippen LogP contribution in [0.4, 0.5) is 0 Å². The summed E-state index contributed by atoms with van der Waals surface area (Å²) in [6, 6.07) is 9.91. The van der Waals surface area contributed by atoms with Crippen LogP contribution in [0, 0.1) is 5.92 Å². The number of hydrogen-bond acceptors (Lipinski definition) is 2. The highest BCUT2D eigenvalue weighted by Gasteiger charge is 2.34. The molecule has 0 radical (unpaired) electrons. The third-order valence-electron chi connectivity index (χ3n) is 5.58. The minimum atomic E-state index is -0.310. The van der Waals surface area contributed by atoms with E-state index in [0.717, 1.165) is 19.3 Å². The maximum Gasteiger partial charge on any atom is 0.220 e. The lowest BCUT2D eigenvalue weighted by molar-refractivity contribution is -0.124. The maximum atomic E-state index is 12.5. The lowest BCUT2D eigenvalue weighted by Crippen LogP contribution is -2.44. The standard InChI is InChI=1S/C20H30N2O.ClH/c1-4-14-5-7-16(8-6-14)20(2,3)22-19(23)13-15-11-17-9-10-18(12-15)21-17;/h5-8,15,17-18,21H,4,9-13H2,1-3H3,(H,22,23);1H. The minimum Gasteiger partial charge on any atom is -0.347 e. The van der Waals surface area contributed by atoms with Crippen molar-refractivity contribution in [3.05, 3.63) is 35.4 Å². The fourth-order valence-electron chi connectivity index (χ4n) is 4.23. The highest BCUT2D eigenvalue weighted by Crippen LogP contribution is 2.33. The molecule has 2 heterocycles. The van der Waals surface area contributed by atoms with Crippen molar-refractivity contribution in [1.29, 1.82) is 0 Å². The summed E-state index contributed by atoms with van der Waals surface area (Å²) in [5.74, 6) is 0.743. The average molecular weight is 351 g/mol. The molecule has 2 fully saturated rings. The smallest absolute Gasteiger partial charge is 0.220 e. The van der Waals surface area contributed by atoms with Gasteiger partial charge in [-0.2, -0.15) is 0 Å². The normalized spacial score (nSPS) is 25.9. The molecular formula is C20H31ClN2O. The van der Waals surface area contributed by atoms with Gasteiger partial charge in [-0.3, -0.25) is 4.79 Å². The highest BCUT2D eigenvalue weighted by atomic mass is 35.5. The van der Waals surface area contributed by atoms with Gasteiger partial charge < -0.3 is 10.6 Å². The second-order valence-electron chi connectivity index (χ2n) is 7.90. The van der Waals surface area contributed by atoms with E-state index in [1.165, 1.54) is 24.0 Å². The van der Waals surface area contributed by atoms with Gasteiger partial charge in [-0.1, -0.05) is 31.2 Å². The number of rotatable bonds is 5. The minimum absolute atomic E-state index is 0. The summed E-state index contributed by atoms with van der Waals surface area (Å²) in [6.07, 6.45) is 6.62. The Morgan fingerprint density at radius 1 is 1.17 bits per heavy atom. The van der Waals surface area contributed by atoms with Crippen LogP contribution in [0.3, 0.4) is 0 Å². The molecule has 1 aromatic carbocycles. The summed E-state index contributed by atoms with van der Waals surface area (Å²) in [5.41, 5.74) is 2.20. The zero-order valence-electron chi connectivity index (χ0n) is 15.1. The van der Waals surface area contributed by atoms with Crippen LogP contribution in [-0.2, 0) is 16.8 Å². The van der Waals surface area contributed by atoms with Gasteiger partial charge in [0.25, 0.3) is 0 Å². The Bertz CT molecular complexity index is 543. The van der Waals surface area contributed by atoms with Crippen molar-refractivity contribution in [3.8, 4) is 0 Å². The van der Waals surface area contributed by atoms with Crippen LogP contribution in [-0.4, -0.2) is 18.0 Å². The molecule has 3 nitrogen and oxygen atoms in total. The van der Waals surface area contributed by atoms with Crippen LogP contribution in [0.2, 0.25) is 0 Å². The molecule has 2 aliphatic rings. The Kier molecular flexibility index (Phi) is 6.33. The quantitative estimate of drug-likeness (QED) is 0.844. The van der Waals surface area contributed by atoms with E-state index in [9.17, 15) is 4.79 Å². The molecule has 2 saturated heterocycles. The zero-order valence-corrected chi connectivity index (χ0v) is 15.9. The Balaban J connectivity index is 0.00000208. The number of carbonyl (C=O) groups excluding carboxylic acids is 1. The lowest BCUT2D eigenvalue weighted by Gasteiger charge is -2.31. The van der Waals surface area contributed by atoms with E-state index in [0.29, 0.717) is 24.4 Å². The fourth-order valence-corrected chi connectivity index (χ4v) is 4.23. The van der Waals surface area contributed by atoms with Crippen molar-refractivity contribution in [2.45, 2.75) is 76.9 Å². The first-order chi connectivity index (χ1) is 11.0. The molecular weight excluding hydrogens is 320 g/mol. The molecule has 3 rings (SSSR count). The Labute approximate surface area is 152 Å². The van der Waals surface area contributed by atoms with Gasteiger partial charge >= 0.3 is 0 Å². The van der Waals surface area contributed by atoms with E-state index in [1.807, 2.05) is 0 Å². The van der Waals surface area contributed by atoms with Crippen LogP contribution in [0.15, 0.2) is 24.3 Å². The van der Waals surface area contributed by atoms with Gasteiger partial charge in [0.15, 0.2) is 0 Å². The van der Waals surface area contributed by atoms with E-state index in [4.69, 9.17) is 0 Å². The third-order valence-corrected chi connectivity index (χ3v) is 5.58. The first-order valence-electron chi connectivity index (χ1n) is 9.12. The third kappa shape index (κ3) is 4.52. The van der Waals surface area contributed by atoms with Gasteiger partial charge in [0, 0.05) is 18.5 Å². The van der Waals surface area contributed by atoms with Gasteiger partial charge in [-0.25, -0.2) is 0 Å². The van der Waals surface area contributed by atoms with Crippen molar-refractivity contribution in [1.82, 2.24) is 10.6 Å². The van der Waals surface area contributed by atoms with Crippen molar-refractivity contribution >= 4 is 18.3 Å². The Morgan fingerprint density at radius 3 is 2.29 bits per heavy atom. The van der Waals surface area contributed by atoms with E-state index >= 15 is 0 Å². The predicted octanol–water partition coefficient (Wildman–Crippen LogP) is 3.94. The van der Waals surface area contributed by atoms with Gasteiger partial charge in [-0.05, 0) is 63.0 Å². The van der Waals surface area contributed by atoms with E-state index in [1.54, 1.807) is 0 Å². The molecule has 0 aliphatic carbocycles. The number of nitrogens with one attached hydrogen (secondary N) is 2. The SMILES string of the molecule is CCc1ccc(C(C)(C)NC(=O)CC2CC3CCC(C2)N3)cc1.Cl. The monoisotopic (exact) mass is 350 g/mol. The largest absolute Gasteiger partial charge is 0.347 e. The topological polar surface area (TPSA) is 41.1 Å². The van der Waals surface area contributed by atoms with E-state index in [-0.39, 0.29) is 23.9 Å². The van der Waals surface area contributed by atoms with E-state index < -0.39 is 0 Å². The Hall–Kier alpha value is -1.06. The van der Waals surface area contributed by atoms with E-state index in [2.05, 4.69) is 55.7 Å². The molecule has 1 aromatic rings. The average Bonchev–Trinajstić information content (AvgIpc) is 2.85. The van der Waals surface area contributed by atoms with Gasteiger partial charge in [0.05, 0.1) is 5.54 Å². The fraction of sp³-hybridized carbons (Fsp3) is 0.650. The van der Waals surface area contributed by atoms with Crippen molar-refractivity contribution < 1.29 is 4.79 Å². The molecule has 2 bridgehead atoms.